The van der Waals surface area contributed by atoms with Gasteiger partial charge >= 0.3 is 23.7 Å². The number of esters is 2. The summed E-state index contributed by atoms with van der Waals surface area (Å²) in [6.45, 7) is 3.92. The van der Waals surface area contributed by atoms with Crippen molar-refractivity contribution in [3.8, 4) is 5.75 Å². The second kappa shape index (κ2) is 14.6. The lowest BCUT2D eigenvalue weighted by molar-refractivity contribution is -0.145. The minimum absolute atomic E-state index is 0.00334. The molecular formula is C33H33NO8. The molecule has 1 aromatic heterocycles. The Morgan fingerprint density at radius 3 is 2.17 bits per heavy atom. The van der Waals surface area contributed by atoms with Crippen LogP contribution in [-0.4, -0.2) is 24.1 Å². The summed E-state index contributed by atoms with van der Waals surface area (Å²) in [5.41, 5.74) is 2.87. The van der Waals surface area contributed by atoms with Gasteiger partial charge in [0.05, 0.1) is 0 Å². The third-order valence-electron chi connectivity index (χ3n) is 6.65. The van der Waals surface area contributed by atoms with E-state index in [0.29, 0.717) is 12.0 Å². The van der Waals surface area contributed by atoms with E-state index >= 15 is 0 Å². The van der Waals surface area contributed by atoms with Crippen molar-refractivity contribution >= 4 is 29.0 Å². The zero-order valence-electron chi connectivity index (χ0n) is 23.6. The molecule has 0 unspecified atom stereocenters. The zero-order chi connectivity index (χ0) is 29.9. The summed E-state index contributed by atoms with van der Waals surface area (Å²) >= 11 is 0. The molecule has 0 bridgehead atoms. The van der Waals surface area contributed by atoms with Gasteiger partial charge in [-0.3, -0.25) is 4.79 Å². The maximum atomic E-state index is 13.2. The molecule has 1 N–H and O–H groups in total. The van der Waals surface area contributed by atoms with E-state index in [9.17, 15) is 19.2 Å². The van der Waals surface area contributed by atoms with Crippen LogP contribution in [-0.2, 0) is 38.7 Å². The van der Waals surface area contributed by atoms with Crippen LogP contribution >= 0.6 is 0 Å². The van der Waals surface area contributed by atoms with Gasteiger partial charge < -0.3 is 23.9 Å². The van der Waals surface area contributed by atoms with E-state index in [1.165, 1.54) is 6.07 Å². The van der Waals surface area contributed by atoms with E-state index in [2.05, 4.69) is 5.32 Å². The smallest absolute Gasteiger partial charge is 0.408 e. The Hall–Kier alpha value is -4.92. The van der Waals surface area contributed by atoms with E-state index in [4.69, 9.17) is 18.6 Å². The number of alkyl carbamates (subject to hydrolysis) is 1. The fourth-order valence-corrected chi connectivity index (χ4v) is 4.39. The third kappa shape index (κ3) is 8.30. The second-order valence-corrected chi connectivity index (χ2v) is 9.77. The Bertz CT molecular complexity index is 1580. The highest BCUT2D eigenvalue weighted by molar-refractivity contribution is 5.86. The molecule has 0 spiro atoms. The lowest BCUT2D eigenvalue weighted by atomic mass is 10.0. The molecule has 9 nitrogen and oxygen atoms in total. The zero-order valence-corrected chi connectivity index (χ0v) is 23.6. The van der Waals surface area contributed by atoms with E-state index in [1.807, 2.05) is 62.4 Å². The molecule has 4 aromatic rings. The van der Waals surface area contributed by atoms with Gasteiger partial charge in [-0.2, -0.15) is 0 Å². The lowest BCUT2D eigenvalue weighted by Gasteiger charge is -2.17. The van der Waals surface area contributed by atoms with Crippen LogP contribution in [0.15, 0.2) is 88.1 Å². The Labute approximate surface area is 243 Å². The second-order valence-electron chi connectivity index (χ2n) is 9.77. The highest BCUT2D eigenvalue weighted by Gasteiger charge is 2.25. The summed E-state index contributed by atoms with van der Waals surface area (Å²) in [5, 5.41) is 3.23. The van der Waals surface area contributed by atoms with Crippen LogP contribution in [0.3, 0.4) is 0 Å². The summed E-state index contributed by atoms with van der Waals surface area (Å²) in [4.78, 5) is 50.7. The summed E-state index contributed by atoms with van der Waals surface area (Å²) in [5.74, 6) is -1.24. The molecule has 0 saturated carbocycles. The van der Waals surface area contributed by atoms with Gasteiger partial charge in [0.25, 0.3) is 0 Å². The normalized spacial score (nSPS) is 11.5. The Morgan fingerprint density at radius 1 is 0.881 bits per heavy atom. The summed E-state index contributed by atoms with van der Waals surface area (Å²) < 4.78 is 21.6. The molecule has 218 valence electrons. The molecule has 9 heteroatoms. The van der Waals surface area contributed by atoms with Crippen molar-refractivity contribution in [2.24, 2.45) is 0 Å². The number of carbonyl (C=O) groups is 3. The number of carbonyl (C=O) groups excluding carboxylic acids is 3. The number of aryl methyl sites for hydroxylation is 1. The summed E-state index contributed by atoms with van der Waals surface area (Å²) in [7, 11) is 0. The Kier molecular flexibility index (Phi) is 10.5. The molecule has 1 amide bonds. The van der Waals surface area contributed by atoms with E-state index in [1.54, 1.807) is 24.3 Å². The number of fused-ring (bicyclic) bond motifs is 1. The predicted octanol–water partition coefficient (Wildman–Crippen LogP) is 5.78. The number of hydrogen-bond acceptors (Lipinski definition) is 8. The van der Waals surface area contributed by atoms with Crippen LogP contribution in [0.25, 0.3) is 11.0 Å². The van der Waals surface area contributed by atoms with Crippen molar-refractivity contribution in [2.75, 3.05) is 0 Å². The molecule has 0 aliphatic rings. The Balaban J connectivity index is 1.44. The van der Waals surface area contributed by atoms with Crippen molar-refractivity contribution < 1.29 is 33.0 Å². The summed E-state index contributed by atoms with van der Waals surface area (Å²) in [6, 6.07) is 21.8. The quantitative estimate of drug-likeness (QED) is 0.129. The first kappa shape index (κ1) is 30.0. The average molecular weight is 572 g/mol. The van der Waals surface area contributed by atoms with Gasteiger partial charge in [-0.05, 0) is 48.6 Å². The minimum Gasteiger partial charge on any atom is -0.461 e. The van der Waals surface area contributed by atoms with Crippen LogP contribution < -0.4 is 15.7 Å². The SMILES string of the molecule is CCCc1c(C)c2ccc(OC(=O)[C@H](CCC(=O)OCc3ccccc3)NC(=O)OCc3ccccc3)cc2oc1=O. The first-order valence-corrected chi connectivity index (χ1v) is 13.8. The van der Waals surface area contributed by atoms with Gasteiger partial charge in [0.1, 0.15) is 30.6 Å². The first-order chi connectivity index (χ1) is 20.3. The highest BCUT2D eigenvalue weighted by Crippen LogP contribution is 2.25. The predicted molar refractivity (Wildman–Crippen MR) is 156 cm³/mol. The molecule has 1 atom stereocenters. The monoisotopic (exact) mass is 571 g/mol. The molecular weight excluding hydrogens is 538 g/mol. The maximum Gasteiger partial charge on any atom is 0.408 e. The third-order valence-corrected chi connectivity index (χ3v) is 6.65. The standard InChI is InChI=1S/C33H33NO8/c1-3-10-27-22(2)26-16-15-25(19-29(26)42-31(27)36)41-32(37)28(34-33(38)40-21-24-13-8-5-9-14-24)17-18-30(35)39-20-23-11-6-4-7-12-23/h4-9,11-16,19,28H,3,10,17-18,20-21H2,1-2H3,(H,34,38)/t28-/m0/s1. The lowest BCUT2D eigenvalue weighted by Crippen LogP contribution is -2.43. The van der Waals surface area contributed by atoms with Crippen molar-refractivity contribution in [1.82, 2.24) is 5.32 Å². The molecule has 0 fully saturated rings. The number of nitrogens with one attached hydrogen (secondary N) is 1. The van der Waals surface area contributed by atoms with E-state index < -0.39 is 29.7 Å². The maximum absolute atomic E-state index is 13.2. The molecule has 0 saturated heterocycles. The summed E-state index contributed by atoms with van der Waals surface area (Å²) in [6.07, 6.45) is 0.311. The van der Waals surface area contributed by atoms with Gasteiger partial charge in [0.15, 0.2) is 0 Å². The van der Waals surface area contributed by atoms with Crippen molar-refractivity contribution in [3.05, 3.63) is 112 Å². The van der Waals surface area contributed by atoms with Gasteiger partial charge in [-0.1, -0.05) is 74.0 Å². The minimum atomic E-state index is -1.21. The fourth-order valence-electron chi connectivity index (χ4n) is 4.39. The van der Waals surface area contributed by atoms with Crippen molar-refractivity contribution in [3.63, 3.8) is 0 Å². The molecule has 0 aliphatic carbocycles. The molecule has 0 aliphatic heterocycles. The van der Waals surface area contributed by atoms with Crippen LogP contribution in [0.5, 0.6) is 5.75 Å². The molecule has 3 aromatic carbocycles. The largest absolute Gasteiger partial charge is 0.461 e. The molecule has 42 heavy (non-hydrogen) atoms. The first-order valence-electron chi connectivity index (χ1n) is 13.8. The number of ether oxygens (including phenoxy) is 3. The molecule has 4 rings (SSSR count). The Morgan fingerprint density at radius 2 is 1.52 bits per heavy atom. The average Bonchev–Trinajstić information content (AvgIpc) is 3.00. The van der Waals surface area contributed by atoms with Crippen molar-refractivity contribution in [1.29, 1.82) is 0 Å². The van der Waals surface area contributed by atoms with Crippen LogP contribution in [0.2, 0.25) is 0 Å². The van der Waals surface area contributed by atoms with Gasteiger partial charge in [0, 0.05) is 23.4 Å². The van der Waals surface area contributed by atoms with Gasteiger partial charge in [-0.15, -0.1) is 0 Å². The molecule has 1 heterocycles. The highest BCUT2D eigenvalue weighted by atomic mass is 16.6. The number of rotatable bonds is 12. The number of amides is 1. The van der Waals surface area contributed by atoms with Crippen molar-refractivity contribution in [2.45, 2.75) is 58.8 Å². The van der Waals surface area contributed by atoms with Crippen LogP contribution in [0, 0.1) is 6.92 Å². The van der Waals surface area contributed by atoms with E-state index in [-0.39, 0.29) is 37.4 Å². The number of hydrogen-bond donors (Lipinski definition) is 1. The fraction of sp³-hybridized carbons (Fsp3) is 0.273. The van der Waals surface area contributed by atoms with Crippen LogP contribution in [0.4, 0.5) is 4.79 Å². The number of benzene rings is 3. The van der Waals surface area contributed by atoms with Gasteiger partial charge in [0.2, 0.25) is 0 Å². The van der Waals surface area contributed by atoms with Crippen LogP contribution in [0.1, 0.15) is 48.4 Å². The van der Waals surface area contributed by atoms with Gasteiger partial charge in [-0.25, -0.2) is 14.4 Å². The molecule has 0 radical (unpaired) electrons. The van der Waals surface area contributed by atoms with E-state index in [0.717, 1.165) is 28.5 Å². The topological polar surface area (TPSA) is 121 Å².